The molecule has 20 heavy (non-hydrogen) atoms. The number of benzene rings is 1. The summed E-state index contributed by atoms with van der Waals surface area (Å²) in [6.07, 6.45) is 0.372. The number of Topliss-reactive ketones (excluding diaryl/α,β-unsaturated/α-hetero) is 1. The molecule has 0 heterocycles. The molecule has 112 valence electrons. The van der Waals surface area contributed by atoms with E-state index in [0.29, 0.717) is 25.6 Å². The summed E-state index contributed by atoms with van der Waals surface area (Å²) in [5.41, 5.74) is 1.10. The minimum atomic E-state index is -0.529. The molecular formula is C17H26O3. The minimum Gasteiger partial charge on any atom is -0.393 e. The third-order valence-corrected chi connectivity index (χ3v) is 3.21. The van der Waals surface area contributed by atoms with Crippen LogP contribution in [0.3, 0.4) is 0 Å². The Kier molecular flexibility index (Phi) is 7.48. The average molecular weight is 278 g/mol. The van der Waals surface area contributed by atoms with E-state index in [2.05, 4.69) is 0 Å². The summed E-state index contributed by atoms with van der Waals surface area (Å²) in [5, 5.41) is 9.78. The fourth-order valence-corrected chi connectivity index (χ4v) is 2.08. The molecule has 0 aromatic heterocycles. The van der Waals surface area contributed by atoms with E-state index in [0.717, 1.165) is 5.56 Å². The van der Waals surface area contributed by atoms with Crippen LogP contribution >= 0.6 is 0 Å². The molecule has 0 spiro atoms. The minimum absolute atomic E-state index is 0.0752. The molecule has 3 heteroatoms. The first-order valence-corrected chi connectivity index (χ1v) is 7.31. The number of hydrogen-bond donors (Lipinski definition) is 1. The molecule has 3 nitrogen and oxygen atoms in total. The average Bonchev–Trinajstić information content (AvgIpc) is 2.38. The zero-order valence-electron chi connectivity index (χ0n) is 12.7. The highest BCUT2D eigenvalue weighted by atomic mass is 16.5. The van der Waals surface area contributed by atoms with Crippen LogP contribution in [0.4, 0.5) is 0 Å². The highest BCUT2D eigenvalue weighted by Crippen LogP contribution is 2.12. The fraction of sp³-hybridized carbons (Fsp3) is 0.588. The van der Waals surface area contributed by atoms with Crippen LogP contribution in [0.2, 0.25) is 0 Å². The Morgan fingerprint density at radius 3 is 2.45 bits per heavy atom. The second kappa shape index (κ2) is 8.88. The molecule has 0 aliphatic rings. The molecule has 1 N–H and O–H groups in total. The van der Waals surface area contributed by atoms with Gasteiger partial charge in [0.25, 0.3) is 0 Å². The number of carbonyl (C=O) groups is 1. The van der Waals surface area contributed by atoms with Gasteiger partial charge in [0.15, 0.2) is 0 Å². The van der Waals surface area contributed by atoms with Crippen molar-refractivity contribution in [3.05, 3.63) is 35.9 Å². The number of rotatable bonds is 9. The van der Waals surface area contributed by atoms with Crippen LogP contribution in [0.25, 0.3) is 0 Å². The van der Waals surface area contributed by atoms with Crippen molar-refractivity contribution < 1.29 is 14.6 Å². The molecule has 0 radical (unpaired) electrons. The predicted molar refractivity (Wildman–Crippen MR) is 80.3 cm³/mol. The lowest BCUT2D eigenvalue weighted by atomic mass is 9.97. The van der Waals surface area contributed by atoms with E-state index in [1.54, 1.807) is 0 Å². The lowest BCUT2D eigenvalue weighted by Gasteiger charge is -2.15. The highest BCUT2D eigenvalue weighted by molar-refractivity contribution is 5.81. The Hall–Kier alpha value is -1.19. The van der Waals surface area contributed by atoms with Crippen molar-refractivity contribution in [1.82, 2.24) is 0 Å². The Morgan fingerprint density at radius 1 is 1.20 bits per heavy atom. The van der Waals surface area contributed by atoms with Crippen molar-refractivity contribution in [2.24, 2.45) is 11.8 Å². The number of ketones is 1. The molecule has 1 aromatic rings. The summed E-state index contributed by atoms with van der Waals surface area (Å²) < 4.78 is 5.56. The summed E-state index contributed by atoms with van der Waals surface area (Å²) in [4.78, 5) is 11.9. The molecule has 0 saturated heterocycles. The first kappa shape index (κ1) is 16.9. The second-order valence-electron chi connectivity index (χ2n) is 5.86. The van der Waals surface area contributed by atoms with Gasteiger partial charge in [0.1, 0.15) is 5.78 Å². The van der Waals surface area contributed by atoms with Crippen LogP contribution in [0.1, 0.15) is 39.2 Å². The summed E-state index contributed by atoms with van der Waals surface area (Å²) in [7, 11) is 0. The van der Waals surface area contributed by atoms with Crippen molar-refractivity contribution in [3.63, 3.8) is 0 Å². The zero-order valence-corrected chi connectivity index (χ0v) is 12.7. The van der Waals surface area contributed by atoms with Crippen molar-refractivity contribution in [1.29, 1.82) is 0 Å². The summed E-state index contributed by atoms with van der Waals surface area (Å²) in [5.74, 6) is 0.314. The van der Waals surface area contributed by atoms with Gasteiger partial charge in [-0.15, -0.1) is 0 Å². The van der Waals surface area contributed by atoms with Gasteiger partial charge in [0, 0.05) is 12.3 Å². The van der Waals surface area contributed by atoms with Gasteiger partial charge in [-0.05, 0) is 17.9 Å². The van der Waals surface area contributed by atoms with Crippen LogP contribution in [0, 0.1) is 11.8 Å². The smallest absolute Gasteiger partial charge is 0.140 e. The van der Waals surface area contributed by atoms with Gasteiger partial charge in [0.05, 0.1) is 19.3 Å². The summed E-state index contributed by atoms with van der Waals surface area (Å²) in [6.45, 7) is 6.87. The van der Waals surface area contributed by atoms with Crippen LogP contribution in [0.15, 0.2) is 30.3 Å². The van der Waals surface area contributed by atoms with Gasteiger partial charge in [0.2, 0.25) is 0 Å². The standard InChI is InChI=1S/C17H26O3/c1-13(2)9-16(18)10-17(19)14(3)11-20-12-15-7-5-4-6-8-15/h4-8,13-14,16,18H,9-12H2,1-3H3/t14-,16-/m0/s1. The molecule has 0 amide bonds. The molecule has 0 aliphatic heterocycles. The molecule has 0 saturated carbocycles. The third kappa shape index (κ3) is 6.83. The Balaban J connectivity index is 2.24. The van der Waals surface area contributed by atoms with Crippen LogP contribution < -0.4 is 0 Å². The van der Waals surface area contributed by atoms with Gasteiger partial charge < -0.3 is 9.84 Å². The topological polar surface area (TPSA) is 46.5 Å². The maximum Gasteiger partial charge on any atom is 0.140 e. The van der Waals surface area contributed by atoms with Crippen LogP contribution in [-0.2, 0) is 16.1 Å². The Bertz CT molecular complexity index is 386. The molecule has 1 rings (SSSR count). The monoisotopic (exact) mass is 278 g/mol. The molecule has 0 bridgehead atoms. The van der Waals surface area contributed by atoms with E-state index in [9.17, 15) is 9.90 Å². The van der Waals surface area contributed by atoms with Gasteiger partial charge >= 0.3 is 0 Å². The lowest BCUT2D eigenvalue weighted by molar-refractivity contribution is -0.126. The van der Waals surface area contributed by atoms with Crippen molar-refractivity contribution in [3.8, 4) is 0 Å². The summed E-state index contributed by atoms with van der Waals surface area (Å²) in [6, 6.07) is 9.90. The largest absolute Gasteiger partial charge is 0.393 e. The fourth-order valence-electron chi connectivity index (χ4n) is 2.08. The molecule has 0 aliphatic carbocycles. The quantitative estimate of drug-likeness (QED) is 0.754. The highest BCUT2D eigenvalue weighted by Gasteiger charge is 2.18. The van der Waals surface area contributed by atoms with Crippen molar-refractivity contribution in [2.75, 3.05) is 6.61 Å². The van der Waals surface area contributed by atoms with Crippen molar-refractivity contribution in [2.45, 2.75) is 46.3 Å². The van der Waals surface area contributed by atoms with Crippen LogP contribution in [0.5, 0.6) is 0 Å². The third-order valence-electron chi connectivity index (χ3n) is 3.21. The van der Waals surface area contributed by atoms with E-state index in [1.807, 2.05) is 51.1 Å². The van der Waals surface area contributed by atoms with Crippen molar-refractivity contribution >= 4 is 5.78 Å². The Labute approximate surface area is 122 Å². The van der Waals surface area contributed by atoms with Crippen LogP contribution in [-0.4, -0.2) is 23.6 Å². The Morgan fingerprint density at radius 2 is 1.85 bits per heavy atom. The SMILES string of the molecule is CC(C)C[C@H](O)CC(=O)[C@@H](C)COCc1ccccc1. The number of aliphatic hydroxyl groups is 1. The predicted octanol–water partition coefficient (Wildman–Crippen LogP) is 3.21. The first-order valence-electron chi connectivity index (χ1n) is 7.31. The first-order chi connectivity index (χ1) is 9.49. The number of hydrogen-bond acceptors (Lipinski definition) is 3. The summed E-state index contributed by atoms with van der Waals surface area (Å²) >= 11 is 0. The van der Waals surface area contributed by atoms with E-state index in [4.69, 9.17) is 4.74 Å². The number of ether oxygens (including phenoxy) is 1. The zero-order chi connectivity index (χ0) is 15.0. The van der Waals surface area contributed by atoms with Gasteiger partial charge in [-0.25, -0.2) is 0 Å². The van der Waals surface area contributed by atoms with E-state index in [-0.39, 0.29) is 18.1 Å². The van der Waals surface area contributed by atoms with Gasteiger partial charge in [-0.3, -0.25) is 4.79 Å². The number of aliphatic hydroxyl groups excluding tert-OH is 1. The lowest BCUT2D eigenvalue weighted by Crippen LogP contribution is -2.23. The molecule has 0 unspecified atom stereocenters. The molecular weight excluding hydrogens is 252 g/mol. The van der Waals surface area contributed by atoms with Gasteiger partial charge in [-0.2, -0.15) is 0 Å². The van der Waals surface area contributed by atoms with E-state index in [1.165, 1.54) is 0 Å². The van der Waals surface area contributed by atoms with E-state index >= 15 is 0 Å². The normalized spacial score (nSPS) is 14.2. The molecule has 2 atom stereocenters. The second-order valence-corrected chi connectivity index (χ2v) is 5.86. The molecule has 1 aromatic carbocycles. The van der Waals surface area contributed by atoms with E-state index < -0.39 is 6.10 Å². The van der Waals surface area contributed by atoms with Gasteiger partial charge in [-0.1, -0.05) is 51.1 Å². The molecule has 0 fully saturated rings. The maximum atomic E-state index is 11.9. The maximum absolute atomic E-state index is 11.9. The number of carbonyl (C=O) groups excluding carboxylic acids is 1.